The number of hydrogen-bond acceptors (Lipinski definition) is 9. The number of alkyl halides is 3. The Hall–Kier alpha value is -3.52. The number of rotatable bonds is 13. The Labute approximate surface area is 249 Å². The van der Waals surface area contributed by atoms with Gasteiger partial charge in [-0.05, 0) is 57.5 Å². The summed E-state index contributed by atoms with van der Waals surface area (Å²) in [6.45, 7) is 4.54. The number of anilines is 2. The minimum atomic E-state index is -4.87. The average Bonchev–Trinajstić information content (AvgIpc) is 3.48. The van der Waals surface area contributed by atoms with Crippen molar-refractivity contribution < 1.29 is 18.0 Å². The van der Waals surface area contributed by atoms with E-state index in [9.17, 15) is 18.0 Å². The number of para-hydroxylation sites is 1. The van der Waals surface area contributed by atoms with E-state index >= 15 is 0 Å². The highest BCUT2D eigenvalue weighted by Gasteiger charge is 2.43. The monoisotopic (exact) mass is 602 g/mol. The molecule has 5 rings (SSSR count). The van der Waals surface area contributed by atoms with Crippen LogP contribution in [0.2, 0.25) is 0 Å². The van der Waals surface area contributed by atoms with E-state index < -0.39 is 12.1 Å². The Kier molecular flexibility index (Phi) is 10.6. The van der Waals surface area contributed by atoms with Crippen molar-refractivity contribution in [2.24, 2.45) is 0 Å². The molecule has 2 aromatic heterocycles. The summed E-state index contributed by atoms with van der Waals surface area (Å²) in [5, 5.41) is 19.7. The quantitative estimate of drug-likeness (QED) is 0.254. The first-order valence-electron chi connectivity index (χ1n) is 15.3. The average molecular weight is 603 g/mol. The second-order valence-corrected chi connectivity index (χ2v) is 11.2. The van der Waals surface area contributed by atoms with Gasteiger partial charge in [-0.3, -0.25) is 9.48 Å². The second kappa shape index (κ2) is 14.8. The van der Waals surface area contributed by atoms with Crippen molar-refractivity contribution in [3.8, 4) is 0 Å². The molecule has 0 unspecified atom stereocenters. The molecule has 234 valence electrons. The number of benzene rings is 1. The lowest BCUT2D eigenvalue weighted by Gasteiger charge is -2.36. The predicted octanol–water partition coefficient (Wildman–Crippen LogP) is 3.34. The molecule has 0 atom stereocenters. The number of halogens is 3. The summed E-state index contributed by atoms with van der Waals surface area (Å²) in [5.41, 5.74) is 1.46. The summed E-state index contributed by atoms with van der Waals surface area (Å²) < 4.78 is 40.4. The Balaban J connectivity index is 1.07. The second-order valence-electron chi connectivity index (χ2n) is 11.2. The van der Waals surface area contributed by atoms with Crippen LogP contribution in [-0.4, -0.2) is 93.8 Å². The number of hydrogen-bond donors (Lipinski definition) is 3. The zero-order valence-corrected chi connectivity index (χ0v) is 24.5. The molecule has 1 aliphatic heterocycles. The number of aromatic nitrogens is 5. The number of nitrogens with zero attached hydrogens (tertiary/aromatic N) is 7. The Morgan fingerprint density at radius 3 is 2.51 bits per heavy atom. The highest BCUT2D eigenvalue weighted by atomic mass is 19.4. The van der Waals surface area contributed by atoms with Crippen molar-refractivity contribution in [3.63, 3.8) is 0 Å². The summed E-state index contributed by atoms with van der Waals surface area (Å²) in [6.07, 6.45) is 5.84. The maximum absolute atomic E-state index is 12.9. The summed E-state index contributed by atoms with van der Waals surface area (Å²) in [7, 11) is 0. The third-order valence-electron chi connectivity index (χ3n) is 8.02. The predicted molar refractivity (Wildman–Crippen MR) is 159 cm³/mol. The van der Waals surface area contributed by atoms with E-state index in [1.165, 1.54) is 32.1 Å². The molecule has 3 heterocycles. The summed E-state index contributed by atoms with van der Waals surface area (Å²) in [5.74, 6) is -0.795. The minimum Gasteiger partial charge on any atom is -0.352 e. The highest BCUT2D eigenvalue weighted by molar-refractivity contribution is 5.90. The number of amides is 1. The van der Waals surface area contributed by atoms with Gasteiger partial charge in [0.15, 0.2) is 0 Å². The number of aryl methyl sites for hydroxylation is 1. The molecule has 14 heteroatoms. The molecule has 2 fully saturated rings. The van der Waals surface area contributed by atoms with E-state index in [0.29, 0.717) is 29.9 Å². The normalized spacial score (nSPS) is 16.6. The van der Waals surface area contributed by atoms with E-state index in [4.69, 9.17) is 4.98 Å². The summed E-state index contributed by atoms with van der Waals surface area (Å²) in [6, 6.07) is 8.21. The molecule has 2 aliphatic rings. The van der Waals surface area contributed by atoms with Crippen LogP contribution in [0, 0.1) is 0 Å². The zero-order valence-electron chi connectivity index (χ0n) is 24.5. The molecule has 0 spiro atoms. The first-order chi connectivity index (χ1) is 20.9. The first kappa shape index (κ1) is 30.9. The largest absolute Gasteiger partial charge is 0.471 e. The van der Waals surface area contributed by atoms with Crippen molar-refractivity contribution in [1.82, 2.24) is 40.5 Å². The standard InChI is InChI=1S/C29H41F3N10O/c30-29(31,32)27(43)41-18-16-40(17-19-41)26-24-10-4-5-11-25(24)36-28(37-26)35-20-23-21-42(39-38-23)15-7-13-33-12-6-14-34-22-8-2-1-3-9-22/h4-5,10-11,21-22,33-34H,1-3,6-9,12-20H2,(H,35,36,37). The van der Waals surface area contributed by atoms with Gasteiger partial charge in [0.05, 0.1) is 18.3 Å². The van der Waals surface area contributed by atoms with Crippen LogP contribution >= 0.6 is 0 Å². The maximum Gasteiger partial charge on any atom is 0.471 e. The molecule has 11 nitrogen and oxygen atoms in total. The van der Waals surface area contributed by atoms with Crippen LogP contribution in [0.4, 0.5) is 24.9 Å². The fourth-order valence-electron chi connectivity index (χ4n) is 5.70. The van der Waals surface area contributed by atoms with Crippen molar-refractivity contribution in [3.05, 3.63) is 36.2 Å². The molecule has 1 saturated carbocycles. The van der Waals surface area contributed by atoms with Gasteiger partial charge in [-0.2, -0.15) is 18.2 Å². The maximum atomic E-state index is 12.9. The van der Waals surface area contributed by atoms with E-state index in [-0.39, 0.29) is 26.2 Å². The van der Waals surface area contributed by atoms with E-state index in [1.807, 2.05) is 40.0 Å². The first-order valence-corrected chi connectivity index (χ1v) is 15.3. The smallest absolute Gasteiger partial charge is 0.352 e. The van der Waals surface area contributed by atoms with Gasteiger partial charge in [0, 0.05) is 44.2 Å². The molecule has 0 bridgehead atoms. The molecule has 3 aromatic rings. The number of fused-ring (bicyclic) bond motifs is 1. The third-order valence-corrected chi connectivity index (χ3v) is 8.02. The topological polar surface area (TPSA) is 116 Å². The molecule has 1 aliphatic carbocycles. The van der Waals surface area contributed by atoms with Crippen LogP contribution in [0.1, 0.15) is 50.6 Å². The fraction of sp³-hybridized carbons (Fsp3) is 0.621. The molecule has 1 amide bonds. The van der Waals surface area contributed by atoms with E-state index in [0.717, 1.165) is 55.0 Å². The van der Waals surface area contributed by atoms with E-state index in [1.54, 1.807) is 0 Å². The number of nitrogens with one attached hydrogen (secondary N) is 3. The molecule has 3 N–H and O–H groups in total. The molecule has 1 saturated heterocycles. The van der Waals surface area contributed by atoms with Gasteiger partial charge < -0.3 is 25.8 Å². The van der Waals surface area contributed by atoms with Gasteiger partial charge in [0.1, 0.15) is 11.5 Å². The lowest BCUT2D eigenvalue weighted by atomic mass is 9.95. The number of piperazine rings is 1. The fourth-order valence-corrected chi connectivity index (χ4v) is 5.70. The van der Waals surface area contributed by atoms with E-state index in [2.05, 4.69) is 31.2 Å². The summed E-state index contributed by atoms with van der Waals surface area (Å²) in [4.78, 5) is 23.7. The van der Waals surface area contributed by atoms with Gasteiger partial charge in [-0.15, -0.1) is 5.10 Å². The Morgan fingerprint density at radius 1 is 0.953 bits per heavy atom. The van der Waals surface area contributed by atoms with Crippen LogP contribution in [0.5, 0.6) is 0 Å². The van der Waals surface area contributed by atoms with Crippen molar-refractivity contribution >= 4 is 28.6 Å². The van der Waals surface area contributed by atoms with Gasteiger partial charge in [0.2, 0.25) is 5.95 Å². The van der Waals surface area contributed by atoms with Crippen LogP contribution in [0.25, 0.3) is 10.9 Å². The molecule has 43 heavy (non-hydrogen) atoms. The van der Waals surface area contributed by atoms with Gasteiger partial charge in [-0.25, -0.2) is 4.98 Å². The van der Waals surface area contributed by atoms with Crippen LogP contribution in [-0.2, 0) is 17.9 Å². The number of carbonyl (C=O) groups is 1. The molecular weight excluding hydrogens is 561 g/mol. The molecule has 0 radical (unpaired) electrons. The van der Waals surface area contributed by atoms with Crippen LogP contribution < -0.4 is 20.9 Å². The van der Waals surface area contributed by atoms with Crippen molar-refractivity contribution in [2.45, 2.75) is 70.3 Å². The third kappa shape index (κ3) is 8.75. The summed E-state index contributed by atoms with van der Waals surface area (Å²) >= 11 is 0. The van der Waals surface area contributed by atoms with Crippen LogP contribution in [0.15, 0.2) is 30.5 Å². The van der Waals surface area contributed by atoms with Crippen molar-refractivity contribution in [1.29, 1.82) is 0 Å². The Morgan fingerprint density at radius 2 is 1.72 bits per heavy atom. The lowest BCUT2D eigenvalue weighted by molar-refractivity contribution is -0.185. The van der Waals surface area contributed by atoms with Gasteiger partial charge in [0.25, 0.3) is 0 Å². The Bertz CT molecular complexity index is 1320. The highest BCUT2D eigenvalue weighted by Crippen LogP contribution is 2.27. The van der Waals surface area contributed by atoms with Crippen molar-refractivity contribution in [2.75, 3.05) is 56.0 Å². The molecule has 1 aromatic carbocycles. The lowest BCUT2D eigenvalue weighted by Crippen LogP contribution is -2.52. The zero-order chi connectivity index (χ0) is 30.1. The minimum absolute atomic E-state index is 0.0321. The number of carbonyl (C=O) groups excluding carboxylic acids is 1. The van der Waals surface area contributed by atoms with Gasteiger partial charge in [-0.1, -0.05) is 36.6 Å². The SMILES string of the molecule is O=C(N1CCN(c2nc(NCc3cn(CCCNCCCNC4CCCCC4)nn3)nc3ccccc23)CC1)C(F)(F)F. The molecular formula is C29H41F3N10O. The van der Waals surface area contributed by atoms with Gasteiger partial charge >= 0.3 is 12.1 Å². The van der Waals surface area contributed by atoms with Crippen LogP contribution in [0.3, 0.4) is 0 Å².